The van der Waals surface area contributed by atoms with Crippen LogP contribution in [0.3, 0.4) is 0 Å². The van der Waals surface area contributed by atoms with Gasteiger partial charge in [0.15, 0.2) is 0 Å². The first-order chi connectivity index (χ1) is 9.88. The second kappa shape index (κ2) is 5.25. The van der Waals surface area contributed by atoms with Gasteiger partial charge in [0.1, 0.15) is 0 Å². The van der Waals surface area contributed by atoms with Gasteiger partial charge in [-0.15, -0.1) is 0 Å². The van der Waals surface area contributed by atoms with E-state index in [0.717, 1.165) is 17.8 Å². The Labute approximate surface area is 122 Å². The van der Waals surface area contributed by atoms with E-state index in [2.05, 4.69) is 47.4 Å². The van der Waals surface area contributed by atoms with Crippen molar-refractivity contribution in [1.29, 1.82) is 0 Å². The highest BCUT2D eigenvalue weighted by atomic mass is 15.3. The molecule has 1 N–H and O–H groups in total. The average molecular weight is 269 g/mol. The molecular formula is C18H25N2+. The van der Waals surface area contributed by atoms with Gasteiger partial charge in [-0.1, -0.05) is 30.4 Å². The van der Waals surface area contributed by atoms with Gasteiger partial charge in [-0.05, 0) is 36.8 Å². The molecule has 0 aromatic heterocycles. The number of anilines is 1. The molecule has 2 heteroatoms. The van der Waals surface area contributed by atoms with Crippen molar-refractivity contribution in [1.82, 2.24) is 0 Å². The van der Waals surface area contributed by atoms with E-state index < -0.39 is 0 Å². The van der Waals surface area contributed by atoms with Gasteiger partial charge in [0.25, 0.3) is 0 Å². The van der Waals surface area contributed by atoms with Gasteiger partial charge in [0.05, 0.1) is 32.7 Å². The number of nitrogens with zero attached hydrogens (tertiary/aromatic N) is 1. The molecule has 0 spiro atoms. The number of allylic oxidation sites excluding steroid dienone is 2. The van der Waals surface area contributed by atoms with Crippen LogP contribution in [0.2, 0.25) is 0 Å². The Morgan fingerprint density at radius 2 is 1.80 bits per heavy atom. The van der Waals surface area contributed by atoms with Crippen LogP contribution in [0, 0.1) is 17.8 Å². The molecule has 1 aromatic rings. The van der Waals surface area contributed by atoms with E-state index in [4.69, 9.17) is 0 Å². The summed E-state index contributed by atoms with van der Waals surface area (Å²) in [5.41, 5.74) is 1.40. The van der Waals surface area contributed by atoms with Gasteiger partial charge in [0.2, 0.25) is 0 Å². The van der Waals surface area contributed by atoms with Crippen LogP contribution in [0.5, 0.6) is 0 Å². The van der Waals surface area contributed by atoms with Crippen molar-refractivity contribution in [3.8, 4) is 0 Å². The molecule has 1 saturated heterocycles. The van der Waals surface area contributed by atoms with E-state index in [-0.39, 0.29) is 0 Å². The first kappa shape index (κ1) is 12.5. The molecule has 3 aliphatic rings. The fourth-order valence-electron chi connectivity index (χ4n) is 4.42. The first-order valence-electron chi connectivity index (χ1n) is 8.20. The molecule has 1 heterocycles. The Morgan fingerprint density at radius 1 is 1.00 bits per heavy atom. The SMILES string of the molecule is C1=C[C@@H]2C[C@H]1C[C@@H]2C[NH+]1CCN(c2ccccc2)CC1. The van der Waals surface area contributed by atoms with E-state index in [9.17, 15) is 0 Å². The number of piperazine rings is 1. The summed E-state index contributed by atoms with van der Waals surface area (Å²) in [5, 5.41) is 0. The van der Waals surface area contributed by atoms with Crippen LogP contribution in [0.15, 0.2) is 42.5 Å². The van der Waals surface area contributed by atoms with Gasteiger partial charge in [0, 0.05) is 11.6 Å². The average Bonchev–Trinajstić information content (AvgIpc) is 3.12. The smallest absolute Gasteiger partial charge is 0.0949 e. The van der Waals surface area contributed by atoms with Gasteiger partial charge < -0.3 is 9.80 Å². The Bertz CT molecular complexity index is 473. The van der Waals surface area contributed by atoms with Crippen molar-refractivity contribution in [3.63, 3.8) is 0 Å². The standard InChI is InChI=1S/C18H24N2/c1-2-4-18(5-3-1)20-10-8-19(9-11-20)14-17-13-15-6-7-16(17)12-15/h1-7,15-17H,8-14H2/p+1/t15-,16+,17+/m0/s1. The maximum absolute atomic E-state index is 2.55. The van der Waals surface area contributed by atoms with Crippen LogP contribution in [0.25, 0.3) is 0 Å². The Morgan fingerprint density at radius 3 is 2.45 bits per heavy atom. The maximum atomic E-state index is 2.55. The summed E-state index contributed by atoms with van der Waals surface area (Å²) in [5.74, 6) is 2.82. The van der Waals surface area contributed by atoms with E-state index in [0.29, 0.717) is 0 Å². The van der Waals surface area contributed by atoms with Gasteiger partial charge in [-0.25, -0.2) is 0 Å². The Hall–Kier alpha value is -1.28. The normalized spacial score (nSPS) is 33.0. The molecule has 4 rings (SSSR count). The molecule has 2 bridgehead atoms. The first-order valence-corrected chi connectivity index (χ1v) is 8.20. The monoisotopic (exact) mass is 269 g/mol. The fourth-order valence-corrected chi connectivity index (χ4v) is 4.42. The van der Waals surface area contributed by atoms with E-state index in [1.165, 1.54) is 51.3 Å². The highest BCUT2D eigenvalue weighted by Crippen LogP contribution is 2.42. The van der Waals surface area contributed by atoms with Gasteiger partial charge >= 0.3 is 0 Å². The summed E-state index contributed by atoms with van der Waals surface area (Å²) in [7, 11) is 0. The molecule has 2 fully saturated rings. The van der Waals surface area contributed by atoms with Crippen LogP contribution < -0.4 is 9.80 Å². The van der Waals surface area contributed by atoms with Crippen molar-refractivity contribution in [3.05, 3.63) is 42.5 Å². The summed E-state index contributed by atoms with van der Waals surface area (Å²) in [4.78, 5) is 4.38. The van der Waals surface area contributed by atoms with Gasteiger partial charge in [-0.3, -0.25) is 0 Å². The lowest BCUT2D eigenvalue weighted by molar-refractivity contribution is -0.904. The minimum absolute atomic E-state index is 0.916. The molecule has 2 aliphatic carbocycles. The second-order valence-corrected chi connectivity index (χ2v) is 6.82. The molecule has 2 nitrogen and oxygen atoms in total. The summed E-state index contributed by atoms with van der Waals surface area (Å²) >= 11 is 0. The lowest BCUT2D eigenvalue weighted by Gasteiger charge is -2.35. The third-order valence-electron chi connectivity index (χ3n) is 5.56. The summed E-state index contributed by atoms with van der Waals surface area (Å²) < 4.78 is 0. The molecule has 20 heavy (non-hydrogen) atoms. The van der Waals surface area contributed by atoms with Crippen LogP contribution >= 0.6 is 0 Å². The molecule has 1 aromatic carbocycles. The zero-order valence-electron chi connectivity index (χ0n) is 12.2. The second-order valence-electron chi connectivity index (χ2n) is 6.82. The van der Waals surface area contributed by atoms with Crippen molar-refractivity contribution >= 4 is 5.69 Å². The molecule has 0 radical (unpaired) electrons. The number of hydrogen-bond acceptors (Lipinski definition) is 1. The third kappa shape index (κ3) is 2.37. The Balaban J connectivity index is 1.31. The molecule has 1 saturated carbocycles. The number of para-hydroxylation sites is 1. The summed E-state index contributed by atoms with van der Waals surface area (Å²) in [6.45, 7) is 6.47. The van der Waals surface area contributed by atoms with Crippen LogP contribution in [-0.4, -0.2) is 32.7 Å². The van der Waals surface area contributed by atoms with E-state index in [1.807, 2.05) is 4.90 Å². The molecule has 106 valence electrons. The molecule has 0 amide bonds. The number of benzene rings is 1. The zero-order chi connectivity index (χ0) is 13.4. The maximum Gasteiger partial charge on any atom is 0.0949 e. The number of rotatable bonds is 3. The van der Waals surface area contributed by atoms with Crippen LogP contribution in [0.4, 0.5) is 5.69 Å². The highest BCUT2D eigenvalue weighted by molar-refractivity contribution is 5.46. The molecule has 3 atom stereocenters. The van der Waals surface area contributed by atoms with Crippen LogP contribution in [0.1, 0.15) is 12.8 Å². The minimum atomic E-state index is 0.916. The lowest BCUT2D eigenvalue weighted by Crippen LogP contribution is -3.15. The largest absolute Gasteiger partial charge is 0.360 e. The number of fused-ring (bicyclic) bond motifs is 2. The number of hydrogen-bond donors (Lipinski definition) is 1. The minimum Gasteiger partial charge on any atom is -0.360 e. The highest BCUT2D eigenvalue weighted by Gasteiger charge is 2.38. The van der Waals surface area contributed by atoms with Crippen molar-refractivity contribution < 1.29 is 4.90 Å². The molecule has 0 unspecified atom stereocenters. The molecular weight excluding hydrogens is 244 g/mol. The van der Waals surface area contributed by atoms with Crippen molar-refractivity contribution in [2.45, 2.75) is 12.8 Å². The van der Waals surface area contributed by atoms with E-state index in [1.54, 1.807) is 0 Å². The zero-order valence-corrected chi connectivity index (χ0v) is 12.2. The summed E-state index contributed by atoms with van der Waals surface area (Å²) in [6, 6.07) is 10.9. The van der Waals surface area contributed by atoms with Crippen LogP contribution in [-0.2, 0) is 0 Å². The van der Waals surface area contributed by atoms with Gasteiger partial charge in [-0.2, -0.15) is 0 Å². The summed E-state index contributed by atoms with van der Waals surface area (Å²) in [6.07, 6.45) is 7.88. The quantitative estimate of drug-likeness (QED) is 0.819. The Kier molecular flexibility index (Phi) is 3.27. The molecule has 1 aliphatic heterocycles. The lowest BCUT2D eigenvalue weighted by atomic mass is 9.93. The third-order valence-corrected chi connectivity index (χ3v) is 5.56. The predicted molar refractivity (Wildman–Crippen MR) is 83.1 cm³/mol. The van der Waals surface area contributed by atoms with E-state index >= 15 is 0 Å². The topological polar surface area (TPSA) is 7.68 Å². The number of quaternary nitrogens is 1. The van der Waals surface area contributed by atoms with Crippen molar-refractivity contribution in [2.75, 3.05) is 37.6 Å². The predicted octanol–water partition coefficient (Wildman–Crippen LogP) is 1.60. The van der Waals surface area contributed by atoms with Crippen molar-refractivity contribution in [2.24, 2.45) is 17.8 Å². The fraction of sp³-hybridized carbons (Fsp3) is 0.556. The number of nitrogens with one attached hydrogen (secondary N) is 1.